The van der Waals surface area contributed by atoms with Crippen molar-refractivity contribution in [1.29, 1.82) is 0 Å². The number of nitrogens with zero attached hydrogens (tertiary/aromatic N) is 1. The molecule has 2 rings (SSSR count). The monoisotopic (exact) mass is 331 g/mol. The van der Waals surface area contributed by atoms with E-state index >= 15 is 0 Å². The zero-order chi connectivity index (χ0) is 10.8. The van der Waals surface area contributed by atoms with Gasteiger partial charge < -0.3 is 4.90 Å². The van der Waals surface area contributed by atoms with Gasteiger partial charge in [0.15, 0.2) is 0 Å². The number of rotatable bonds is 2. The molecule has 1 aromatic rings. The third-order valence-electron chi connectivity index (χ3n) is 2.54. The maximum Gasteiger partial charge on any atom is 0.227 e. The summed E-state index contributed by atoms with van der Waals surface area (Å²) in [6.07, 6.45) is 0.651. The number of carbonyl (C=O) groups is 1. The Balaban J connectivity index is 2.21. The lowest BCUT2D eigenvalue weighted by molar-refractivity contribution is -0.117. The molecule has 0 bridgehead atoms. The van der Waals surface area contributed by atoms with Gasteiger partial charge in [-0.15, -0.1) is 0 Å². The Morgan fingerprint density at radius 3 is 2.87 bits per heavy atom. The van der Waals surface area contributed by atoms with E-state index in [1.807, 2.05) is 29.2 Å². The van der Waals surface area contributed by atoms with Gasteiger partial charge in [0, 0.05) is 28.5 Å². The van der Waals surface area contributed by atoms with E-state index in [0.717, 1.165) is 22.0 Å². The van der Waals surface area contributed by atoms with Crippen molar-refractivity contribution in [3.8, 4) is 0 Å². The molecule has 0 N–H and O–H groups in total. The van der Waals surface area contributed by atoms with Gasteiger partial charge in [0.1, 0.15) is 0 Å². The van der Waals surface area contributed by atoms with Crippen molar-refractivity contribution in [2.75, 3.05) is 16.8 Å². The van der Waals surface area contributed by atoms with E-state index < -0.39 is 0 Å². The highest BCUT2D eigenvalue weighted by Crippen LogP contribution is 2.27. The predicted molar refractivity (Wildman–Crippen MR) is 68.4 cm³/mol. The normalized spacial score (nSPS) is 21.1. The van der Waals surface area contributed by atoms with Crippen LogP contribution in [0.25, 0.3) is 0 Å². The van der Waals surface area contributed by atoms with E-state index in [4.69, 9.17) is 0 Å². The molecule has 1 aliphatic rings. The van der Waals surface area contributed by atoms with Gasteiger partial charge >= 0.3 is 0 Å². The molecular weight excluding hydrogens is 322 g/mol. The van der Waals surface area contributed by atoms with Gasteiger partial charge in [-0.2, -0.15) is 0 Å². The number of hydrogen-bond acceptors (Lipinski definition) is 1. The lowest BCUT2D eigenvalue weighted by Gasteiger charge is -2.16. The van der Waals surface area contributed by atoms with Crippen molar-refractivity contribution < 1.29 is 4.79 Å². The summed E-state index contributed by atoms with van der Waals surface area (Å²) in [6, 6.07) is 7.87. The first-order valence-electron chi connectivity index (χ1n) is 4.82. The van der Waals surface area contributed by atoms with Crippen LogP contribution >= 0.6 is 31.9 Å². The zero-order valence-electron chi connectivity index (χ0n) is 8.12. The van der Waals surface area contributed by atoms with Crippen LogP contribution in [0.2, 0.25) is 0 Å². The minimum absolute atomic E-state index is 0.220. The summed E-state index contributed by atoms with van der Waals surface area (Å²) >= 11 is 6.84. The van der Waals surface area contributed by atoms with Crippen LogP contribution in [0.1, 0.15) is 6.42 Å². The van der Waals surface area contributed by atoms with E-state index in [9.17, 15) is 4.79 Å². The summed E-state index contributed by atoms with van der Waals surface area (Å²) in [4.78, 5) is 13.6. The first-order chi connectivity index (χ1) is 7.20. The minimum Gasteiger partial charge on any atom is -0.312 e. The molecule has 1 saturated heterocycles. The molecule has 15 heavy (non-hydrogen) atoms. The van der Waals surface area contributed by atoms with Crippen LogP contribution in [0, 0.1) is 5.92 Å². The molecule has 80 valence electrons. The number of anilines is 1. The summed E-state index contributed by atoms with van der Waals surface area (Å²) < 4.78 is 1.01. The van der Waals surface area contributed by atoms with E-state index in [1.54, 1.807) is 0 Å². The van der Waals surface area contributed by atoms with Crippen molar-refractivity contribution >= 4 is 43.5 Å². The quantitative estimate of drug-likeness (QED) is 0.762. The standard InChI is InChI=1S/C11H11Br2NO/c12-6-8-4-11(15)14(7-8)10-3-1-2-9(13)5-10/h1-3,5,8H,4,6-7H2. The Hall–Kier alpha value is -0.350. The molecular formula is C11H11Br2NO. The Morgan fingerprint density at radius 1 is 1.47 bits per heavy atom. The fourth-order valence-electron chi connectivity index (χ4n) is 1.78. The third kappa shape index (κ3) is 2.42. The topological polar surface area (TPSA) is 20.3 Å². The fraction of sp³-hybridized carbons (Fsp3) is 0.364. The van der Waals surface area contributed by atoms with Crippen LogP contribution in [0.3, 0.4) is 0 Å². The van der Waals surface area contributed by atoms with E-state index in [1.165, 1.54) is 0 Å². The molecule has 0 saturated carbocycles. The van der Waals surface area contributed by atoms with E-state index in [-0.39, 0.29) is 5.91 Å². The molecule has 1 aliphatic heterocycles. The zero-order valence-corrected chi connectivity index (χ0v) is 11.3. The highest BCUT2D eigenvalue weighted by Gasteiger charge is 2.29. The van der Waals surface area contributed by atoms with Gasteiger partial charge in [-0.25, -0.2) is 0 Å². The Kier molecular flexibility index (Phi) is 3.46. The molecule has 1 atom stereocenters. The molecule has 1 amide bonds. The van der Waals surface area contributed by atoms with Gasteiger partial charge in [-0.05, 0) is 24.1 Å². The van der Waals surface area contributed by atoms with Gasteiger partial charge in [-0.1, -0.05) is 37.9 Å². The second-order valence-electron chi connectivity index (χ2n) is 3.71. The largest absolute Gasteiger partial charge is 0.312 e. The van der Waals surface area contributed by atoms with Crippen molar-refractivity contribution in [1.82, 2.24) is 0 Å². The van der Waals surface area contributed by atoms with Crippen molar-refractivity contribution in [2.24, 2.45) is 5.92 Å². The van der Waals surface area contributed by atoms with Crippen molar-refractivity contribution in [3.63, 3.8) is 0 Å². The lowest BCUT2D eigenvalue weighted by atomic mass is 10.2. The van der Waals surface area contributed by atoms with Gasteiger partial charge in [0.25, 0.3) is 0 Å². The number of halogens is 2. The van der Waals surface area contributed by atoms with Crippen LogP contribution < -0.4 is 4.90 Å². The lowest BCUT2D eigenvalue weighted by Crippen LogP contribution is -2.24. The van der Waals surface area contributed by atoms with Crippen LogP contribution in [0.5, 0.6) is 0 Å². The van der Waals surface area contributed by atoms with E-state index in [0.29, 0.717) is 12.3 Å². The van der Waals surface area contributed by atoms with Gasteiger partial charge in [0.05, 0.1) is 0 Å². The average Bonchev–Trinajstić information content (AvgIpc) is 2.60. The van der Waals surface area contributed by atoms with Crippen LogP contribution in [0.4, 0.5) is 5.69 Å². The summed E-state index contributed by atoms with van der Waals surface area (Å²) in [5.41, 5.74) is 0.984. The molecule has 1 aromatic carbocycles. The van der Waals surface area contributed by atoms with Crippen molar-refractivity contribution in [3.05, 3.63) is 28.7 Å². The van der Waals surface area contributed by atoms with Crippen molar-refractivity contribution in [2.45, 2.75) is 6.42 Å². The van der Waals surface area contributed by atoms with Crippen LogP contribution in [-0.2, 0) is 4.79 Å². The van der Waals surface area contributed by atoms with Gasteiger partial charge in [-0.3, -0.25) is 4.79 Å². The molecule has 1 fully saturated rings. The first-order valence-corrected chi connectivity index (χ1v) is 6.74. The first kappa shape index (κ1) is 11.1. The molecule has 4 heteroatoms. The Labute approximate surface area is 106 Å². The van der Waals surface area contributed by atoms with Gasteiger partial charge in [0.2, 0.25) is 5.91 Å². The number of alkyl halides is 1. The molecule has 0 radical (unpaired) electrons. The molecule has 1 unspecified atom stereocenters. The molecule has 0 aromatic heterocycles. The van der Waals surface area contributed by atoms with E-state index in [2.05, 4.69) is 31.9 Å². The maximum atomic E-state index is 11.7. The molecule has 0 aliphatic carbocycles. The van der Waals surface area contributed by atoms with Crippen LogP contribution in [-0.4, -0.2) is 17.8 Å². The molecule has 0 spiro atoms. The molecule has 2 nitrogen and oxygen atoms in total. The molecule has 1 heterocycles. The Bertz CT molecular complexity index is 381. The van der Waals surface area contributed by atoms with Crippen LogP contribution in [0.15, 0.2) is 28.7 Å². The highest BCUT2D eigenvalue weighted by atomic mass is 79.9. The summed E-state index contributed by atoms with van der Waals surface area (Å²) in [5, 5.41) is 0.892. The third-order valence-corrected chi connectivity index (χ3v) is 3.95. The number of benzene rings is 1. The summed E-state index contributed by atoms with van der Waals surface area (Å²) in [5.74, 6) is 0.661. The maximum absolute atomic E-state index is 11.7. The Morgan fingerprint density at radius 2 is 2.27 bits per heavy atom. The minimum atomic E-state index is 0.220. The number of hydrogen-bond donors (Lipinski definition) is 0. The second-order valence-corrected chi connectivity index (χ2v) is 5.27. The second kappa shape index (κ2) is 4.66. The smallest absolute Gasteiger partial charge is 0.227 e. The predicted octanol–water partition coefficient (Wildman–Crippen LogP) is 3.20. The highest BCUT2D eigenvalue weighted by molar-refractivity contribution is 9.10. The SMILES string of the molecule is O=C1CC(CBr)CN1c1cccc(Br)c1. The number of carbonyl (C=O) groups excluding carboxylic acids is 1. The number of amides is 1. The fourth-order valence-corrected chi connectivity index (χ4v) is 2.60. The average molecular weight is 333 g/mol. The summed E-state index contributed by atoms with van der Waals surface area (Å²) in [6.45, 7) is 0.820. The summed E-state index contributed by atoms with van der Waals surface area (Å²) in [7, 11) is 0.